The number of aromatic hydroxyl groups is 2. The van der Waals surface area contributed by atoms with Gasteiger partial charge in [-0.3, -0.25) is 4.79 Å². The first-order valence-electron chi connectivity index (χ1n) is 5.44. The van der Waals surface area contributed by atoms with Crippen molar-refractivity contribution in [3.05, 3.63) is 59.2 Å². The SMILES string of the molecule is O=Cc1ccc(/C=C/c2ccc(O)c(O)c2)cc1. The van der Waals surface area contributed by atoms with Crippen molar-refractivity contribution in [1.29, 1.82) is 0 Å². The molecule has 3 nitrogen and oxygen atoms in total. The highest BCUT2D eigenvalue weighted by atomic mass is 16.3. The van der Waals surface area contributed by atoms with E-state index in [-0.39, 0.29) is 11.5 Å². The Morgan fingerprint density at radius 2 is 1.28 bits per heavy atom. The lowest BCUT2D eigenvalue weighted by Crippen LogP contribution is -1.79. The summed E-state index contributed by atoms with van der Waals surface area (Å²) in [6, 6.07) is 11.8. The molecule has 2 rings (SSSR count). The Balaban J connectivity index is 2.18. The predicted octanol–water partition coefficient (Wildman–Crippen LogP) is 3.08. The van der Waals surface area contributed by atoms with E-state index in [1.54, 1.807) is 18.2 Å². The van der Waals surface area contributed by atoms with E-state index < -0.39 is 0 Å². The third kappa shape index (κ3) is 2.77. The second kappa shape index (κ2) is 5.19. The highest BCUT2D eigenvalue weighted by Gasteiger charge is 1.97. The smallest absolute Gasteiger partial charge is 0.157 e. The third-order valence-corrected chi connectivity index (χ3v) is 2.54. The lowest BCUT2D eigenvalue weighted by molar-refractivity contribution is 0.112. The van der Waals surface area contributed by atoms with E-state index in [1.165, 1.54) is 12.1 Å². The molecule has 0 aliphatic carbocycles. The van der Waals surface area contributed by atoms with E-state index >= 15 is 0 Å². The maximum absolute atomic E-state index is 10.5. The van der Waals surface area contributed by atoms with Crippen LogP contribution in [0.5, 0.6) is 11.5 Å². The van der Waals surface area contributed by atoms with Gasteiger partial charge in [0.1, 0.15) is 6.29 Å². The summed E-state index contributed by atoms with van der Waals surface area (Å²) in [5.41, 5.74) is 2.37. The van der Waals surface area contributed by atoms with Crippen LogP contribution < -0.4 is 0 Å². The maximum atomic E-state index is 10.5. The maximum Gasteiger partial charge on any atom is 0.157 e. The van der Waals surface area contributed by atoms with Crippen molar-refractivity contribution in [1.82, 2.24) is 0 Å². The number of rotatable bonds is 3. The summed E-state index contributed by atoms with van der Waals surface area (Å²) >= 11 is 0. The molecule has 0 spiro atoms. The van der Waals surface area contributed by atoms with Crippen molar-refractivity contribution in [3.63, 3.8) is 0 Å². The van der Waals surface area contributed by atoms with Crippen LogP contribution in [0, 0.1) is 0 Å². The van der Waals surface area contributed by atoms with Gasteiger partial charge in [0, 0.05) is 5.56 Å². The molecule has 2 aromatic rings. The van der Waals surface area contributed by atoms with Gasteiger partial charge in [0.15, 0.2) is 11.5 Å². The highest BCUT2D eigenvalue weighted by Crippen LogP contribution is 2.25. The summed E-state index contributed by atoms with van der Waals surface area (Å²) in [5, 5.41) is 18.5. The molecule has 90 valence electrons. The summed E-state index contributed by atoms with van der Waals surface area (Å²) < 4.78 is 0. The van der Waals surface area contributed by atoms with Gasteiger partial charge in [-0.1, -0.05) is 42.5 Å². The van der Waals surface area contributed by atoms with Gasteiger partial charge in [0.25, 0.3) is 0 Å². The lowest BCUT2D eigenvalue weighted by Gasteiger charge is -1.99. The number of carbonyl (C=O) groups excluding carboxylic acids is 1. The van der Waals surface area contributed by atoms with Gasteiger partial charge >= 0.3 is 0 Å². The quantitative estimate of drug-likeness (QED) is 0.492. The predicted molar refractivity (Wildman–Crippen MR) is 70.5 cm³/mol. The normalized spacial score (nSPS) is 10.7. The second-order valence-electron chi connectivity index (χ2n) is 3.87. The van der Waals surface area contributed by atoms with Gasteiger partial charge in [0.05, 0.1) is 0 Å². The van der Waals surface area contributed by atoms with Crippen LogP contribution >= 0.6 is 0 Å². The molecular weight excluding hydrogens is 228 g/mol. The van der Waals surface area contributed by atoms with Gasteiger partial charge in [-0.05, 0) is 23.3 Å². The van der Waals surface area contributed by atoms with Crippen molar-refractivity contribution in [3.8, 4) is 11.5 Å². The molecule has 0 unspecified atom stereocenters. The molecule has 0 saturated carbocycles. The Kier molecular flexibility index (Phi) is 3.44. The monoisotopic (exact) mass is 240 g/mol. The number of hydrogen-bond acceptors (Lipinski definition) is 3. The fraction of sp³-hybridized carbons (Fsp3) is 0. The molecule has 0 fully saturated rings. The molecule has 2 N–H and O–H groups in total. The Bertz CT molecular complexity index is 583. The van der Waals surface area contributed by atoms with Crippen molar-refractivity contribution >= 4 is 18.4 Å². The Morgan fingerprint density at radius 3 is 1.89 bits per heavy atom. The number of carbonyl (C=O) groups is 1. The summed E-state index contributed by atoms with van der Waals surface area (Å²) in [4.78, 5) is 10.5. The van der Waals surface area contributed by atoms with Crippen LogP contribution in [0.4, 0.5) is 0 Å². The van der Waals surface area contributed by atoms with Crippen LogP contribution in [-0.4, -0.2) is 16.5 Å². The van der Waals surface area contributed by atoms with E-state index in [2.05, 4.69) is 0 Å². The second-order valence-corrected chi connectivity index (χ2v) is 3.87. The van der Waals surface area contributed by atoms with Crippen molar-refractivity contribution in [2.24, 2.45) is 0 Å². The molecule has 0 aliphatic rings. The zero-order valence-corrected chi connectivity index (χ0v) is 9.58. The van der Waals surface area contributed by atoms with E-state index in [1.807, 2.05) is 24.3 Å². The van der Waals surface area contributed by atoms with Gasteiger partial charge in [-0.2, -0.15) is 0 Å². The molecule has 0 saturated heterocycles. The van der Waals surface area contributed by atoms with Gasteiger partial charge < -0.3 is 10.2 Å². The fourth-order valence-electron chi connectivity index (χ4n) is 1.52. The fourth-order valence-corrected chi connectivity index (χ4v) is 1.52. The van der Waals surface area contributed by atoms with Gasteiger partial charge in [-0.15, -0.1) is 0 Å². The first-order chi connectivity index (χ1) is 8.69. The number of phenolic OH excluding ortho intramolecular Hbond substituents is 2. The van der Waals surface area contributed by atoms with E-state index in [4.69, 9.17) is 0 Å². The highest BCUT2D eigenvalue weighted by molar-refractivity contribution is 5.76. The van der Waals surface area contributed by atoms with Gasteiger partial charge in [0.2, 0.25) is 0 Å². The molecule has 3 heteroatoms. The van der Waals surface area contributed by atoms with Crippen LogP contribution in [-0.2, 0) is 0 Å². The first kappa shape index (κ1) is 11.9. The first-order valence-corrected chi connectivity index (χ1v) is 5.44. The van der Waals surface area contributed by atoms with E-state index in [0.29, 0.717) is 5.56 Å². The van der Waals surface area contributed by atoms with Crippen LogP contribution in [0.2, 0.25) is 0 Å². The van der Waals surface area contributed by atoms with Crippen LogP contribution in [0.15, 0.2) is 42.5 Å². The third-order valence-electron chi connectivity index (χ3n) is 2.54. The number of benzene rings is 2. The van der Waals surface area contributed by atoms with Crippen LogP contribution in [0.3, 0.4) is 0 Å². The summed E-state index contributed by atoms with van der Waals surface area (Å²) in [5.74, 6) is -0.282. The summed E-state index contributed by atoms with van der Waals surface area (Å²) in [6.45, 7) is 0. The number of phenols is 2. The molecule has 0 heterocycles. The molecule has 0 aliphatic heterocycles. The van der Waals surface area contributed by atoms with Crippen molar-refractivity contribution in [2.75, 3.05) is 0 Å². The molecule has 18 heavy (non-hydrogen) atoms. The minimum Gasteiger partial charge on any atom is -0.504 e. The molecule has 0 aromatic heterocycles. The van der Waals surface area contributed by atoms with E-state index in [9.17, 15) is 15.0 Å². The van der Waals surface area contributed by atoms with E-state index in [0.717, 1.165) is 17.4 Å². The molecule has 0 radical (unpaired) electrons. The average Bonchev–Trinajstić information content (AvgIpc) is 2.41. The standard InChI is InChI=1S/C15H12O3/c16-10-13-5-2-11(3-6-13)1-4-12-7-8-14(17)15(18)9-12/h1-10,17-18H/b4-1+. The zero-order chi connectivity index (χ0) is 13.0. The zero-order valence-electron chi connectivity index (χ0n) is 9.58. The Morgan fingerprint density at radius 1 is 0.722 bits per heavy atom. The van der Waals surface area contributed by atoms with Crippen LogP contribution in [0.1, 0.15) is 21.5 Å². The lowest BCUT2D eigenvalue weighted by atomic mass is 10.1. The Labute approximate surface area is 105 Å². The van der Waals surface area contributed by atoms with Crippen molar-refractivity contribution < 1.29 is 15.0 Å². The largest absolute Gasteiger partial charge is 0.504 e. The Hall–Kier alpha value is -2.55. The molecular formula is C15H12O3. The minimum atomic E-state index is -0.145. The molecule has 0 atom stereocenters. The molecule has 0 bridgehead atoms. The molecule has 0 amide bonds. The average molecular weight is 240 g/mol. The van der Waals surface area contributed by atoms with Crippen LogP contribution in [0.25, 0.3) is 12.2 Å². The summed E-state index contributed by atoms with van der Waals surface area (Å²) in [6.07, 6.45) is 4.47. The van der Waals surface area contributed by atoms with Crippen molar-refractivity contribution in [2.45, 2.75) is 0 Å². The summed E-state index contributed by atoms with van der Waals surface area (Å²) in [7, 11) is 0. The number of aldehydes is 1. The number of hydrogen-bond donors (Lipinski definition) is 2. The van der Waals surface area contributed by atoms with Gasteiger partial charge in [-0.25, -0.2) is 0 Å². The minimum absolute atomic E-state index is 0.137. The topological polar surface area (TPSA) is 57.5 Å². The molecule has 2 aromatic carbocycles.